The molecule has 12 rings (SSSR count). The van der Waals surface area contributed by atoms with Gasteiger partial charge in [-0.2, -0.15) is 0 Å². The van der Waals surface area contributed by atoms with Crippen LogP contribution in [0.5, 0.6) is 0 Å². The first-order valence-corrected chi connectivity index (χ1v) is 22.0. The highest BCUT2D eigenvalue weighted by atomic mass is 15.1. The Hall–Kier alpha value is -8.46. The molecule has 0 aliphatic heterocycles. The molecule has 0 unspecified atom stereocenters. The summed E-state index contributed by atoms with van der Waals surface area (Å²) in [6.45, 7) is 0. The molecule has 0 saturated carbocycles. The van der Waals surface area contributed by atoms with Crippen molar-refractivity contribution in [2.75, 3.05) is 4.90 Å². The third-order valence-electron chi connectivity index (χ3n) is 12.8. The van der Waals surface area contributed by atoms with E-state index < -0.39 is 0 Å². The summed E-state index contributed by atoms with van der Waals surface area (Å²) in [6.07, 6.45) is 0. The zero-order valence-electron chi connectivity index (χ0n) is 35.1. The minimum absolute atomic E-state index is 1.08. The lowest BCUT2D eigenvalue weighted by molar-refractivity contribution is 1.17. The second-order valence-corrected chi connectivity index (χ2v) is 16.5. The number of hydrogen-bond donors (Lipinski definition) is 0. The lowest BCUT2D eigenvalue weighted by atomic mass is 9.92. The van der Waals surface area contributed by atoms with Gasteiger partial charge in [0.05, 0.1) is 11.0 Å². The molecule has 2 nitrogen and oxygen atoms in total. The number of benzene rings is 11. The molecule has 0 bridgehead atoms. The number of hydrogen-bond acceptors (Lipinski definition) is 1. The van der Waals surface area contributed by atoms with E-state index in [9.17, 15) is 0 Å². The summed E-state index contributed by atoms with van der Waals surface area (Å²) in [4.78, 5) is 2.37. The molecule has 0 fully saturated rings. The van der Waals surface area contributed by atoms with Crippen LogP contribution in [0.15, 0.2) is 255 Å². The van der Waals surface area contributed by atoms with Crippen molar-refractivity contribution in [1.82, 2.24) is 4.57 Å². The van der Waals surface area contributed by atoms with Crippen molar-refractivity contribution in [2.24, 2.45) is 0 Å². The van der Waals surface area contributed by atoms with Crippen LogP contribution in [0.4, 0.5) is 17.1 Å². The Morgan fingerprint density at radius 1 is 0.250 bits per heavy atom. The highest BCUT2D eigenvalue weighted by Gasteiger charge is 2.17. The minimum atomic E-state index is 1.08. The zero-order chi connectivity index (χ0) is 42.4. The summed E-state index contributed by atoms with van der Waals surface area (Å²) >= 11 is 0. The van der Waals surface area contributed by atoms with E-state index in [1.54, 1.807) is 0 Å². The van der Waals surface area contributed by atoms with Crippen LogP contribution in [-0.2, 0) is 0 Å². The molecule has 0 saturated heterocycles. The number of aromatic nitrogens is 1. The first-order valence-electron chi connectivity index (χ1n) is 22.0. The molecule has 0 amide bonds. The third kappa shape index (κ3) is 6.61. The van der Waals surface area contributed by atoms with Gasteiger partial charge in [-0.25, -0.2) is 0 Å². The lowest BCUT2D eigenvalue weighted by Crippen LogP contribution is -2.10. The third-order valence-corrected chi connectivity index (χ3v) is 12.8. The van der Waals surface area contributed by atoms with E-state index in [0.29, 0.717) is 0 Å². The van der Waals surface area contributed by atoms with E-state index in [-0.39, 0.29) is 0 Å². The van der Waals surface area contributed by atoms with Gasteiger partial charge in [0.1, 0.15) is 0 Å². The standard InChI is InChI=1S/C62H42N2/c1-2-13-43(14-3-1)44-25-27-45(28-26-44)47-33-37-51(38-34-47)63(53-16-12-17-54(42-53)64-61-23-10-8-21-58(61)59-22-9-11-24-62(59)64)52-39-35-48(36-40-52)46-29-31-49(32-30-46)60-41-50-15-4-5-18-55(50)56-19-6-7-20-57(56)60/h1-42H. The first kappa shape index (κ1) is 37.3. The van der Waals surface area contributed by atoms with Gasteiger partial charge in [0.15, 0.2) is 0 Å². The van der Waals surface area contributed by atoms with Gasteiger partial charge >= 0.3 is 0 Å². The van der Waals surface area contributed by atoms with E-state index in [1.165, 1.54) is 87.9 Å². The summed E-state index contributed by atoms with van der Waals surface area (Å²) in [6, 6.07) is 92.6. The highest BCUT2D eigenvalue weighted by molar-refractivity contribution is 6.14. The second-order valence-electron chi connectivity index (χ2n) is 16.5. The largest absolute Gasteiger partial charge is 0.310 e. The fraction of sp³-hybridized carbons (Fsp3) is 0. The van der Waals surface area contributed by atoms with Crippen LogP contribution in [0.2, 0.25) is 0 Å². The first-order chi connectivity index (χ1) is 31.7. The molecule has 0 aliphatic carbocycles. The average Bonchev–Trinajstić information content (AvgIpc) is 3.72. The average molecular weight is 815 g/mol. The van der Waals surface area contributed by atoms with E-state index in [1.807, 2.05) is 0 Å². The maximum atomic E-state index is 2.39. The monoisotopic (exact) mass is 814 g/mol. The Morgan fingerprint density at radius 3 is 1.23 bits per heavy atom. The smallest absolute Gasteiger partial charge is 0.0541 e. The normalized spacial score (nSPS) is 11.4. The summed E-state index contributed by atoms with van der Waals surface area (Å²) in [7, 11) is 0. The summed E-state index contributed by atoms with van der Waals surface area (Å²) < 4.78 is 2.39. The molecule has 0 atom stereocenters. The van der Waals surface area contributed by atoms with E-state index in [2.05, 4.69) is 264 Å². The number of fused-ring (bicyclic) bond motifs is 6. The maximum Gasteiger partial charge on any atom is 0.0541 e. The topological polar surface area (TPSA) is 8.17 Å². The van der Waals surface area contributed by atoms with Crippen LogP contribution in [0.25, 0.3) is 93.5 Å². The summed E-state index contributed by atoms with van der Waals surface area (Å²) in [5, 5.41) is 7.61. The fourth-order valence-electron chi connectivity index (χ4n) is 9.65. The van der Waals surface area contributed by atoms with Crippen molar-refractivity contribution >= 4 is 60.4 Å². The number of nitrogens with zero attached hydrogens (tertiary/aromatic N) is 2. The van der Waals surface area contributed by atoms with Crippen molar-refractivity contribution in [1.29, 1.82) is 0 Å². The SMILES string of the molecule is c1ccc(-c2ccc(-c3ccc(N(c4ccc(-c5ccc(-c6cc7ccccc7c7ccccc67)cc5)cc4)c4cccc(-n5c6ccccc6c6ccccc65)c4)cc3)cc2)cc1. The molecular formula is C62H42N2. The summed E-state index contributed by atoms with van der Waals surface area (Å²) in [5.74, 6) is 0. The lowest BCUT2D eigenvalue weighted by Gasteiger charge is -2.26. The van der Waals surface area contributed by atoms with Crippen molar-refractivity contribution in [2.45, 2.75) is 0 Å². The molecular weight excluding hydrogens is 773 g/mol. The van der Waals surface area contributed by atoms with Crippen LogP contribution in [0.3, 0.4) is 0 Å². The molecule has 12 aromatic rings. The van der Waals surface area contributed by atoms with E-state index >= 15 is 0 Å². The minimum Gasteiger partial charge on any atom is -0.310 e. The van der Waals surface area contributed by atoms with Gasteiger partial charge in [0, 0.05) is 33.5 Å². The van der Waals surface area contributed by atoms with Gasteiger partial charge in [0.2, 0.25) is 0 Å². The highest BCUT2D eigenvalue weighted by Crippen LogP contribution is 2.41. The second kappa shape index (κ2) is 15.8. The predicted octanol–water partition coefficient (Wildman–Crippen LogP) is 17.2. The zero-order valence-corrected chi connectivity index (χ0v) is 35.1. The van der Waals surface area contributed by atoms with Gasteiger partial charge in [-0.15, -0.1) is 0 Å². The Balaban J connectivity index is 0.915. The Bertz CT molecular complexity index is 3570. The molecule has 2 heteroatoms. The van der Waals surface area contributed by atoms with Crippen molar-refractivity contribution in [3.8, 4) is 50.2 Å². The Kier molecular flexibility index (Phi) is 9.20. The number of para-hydroxylation sites is 2. The Morgan fingerprint density at radius 2 is 0.672 bits per heavy atom. The van der Waals surface area contributed by atoms with Gasteiger partial charge in [0.25, 0.3) is 0 Å². The Labute approximate surface area is 373 Å². The quantitative estimate of drug-likeness (QED) is 0.139. The molecule has 0 spiro atoms. The molecule has 0 aliphatic rings. The van der Waals surface area contributed by atoms with Crippen molar-refractivity contribution in [3.63, 3.8) is 0 Å². The molecule has 11 aromatic carbocycles. The van der Waals surface area contributed by atoms with Gasteiger partial charge in [-0.1, -0.05) is 194 Å². The van der Waals surface area contributed by atoms with Crippen LogP contribution in [-0.4, -0.2) is 4.57 Å². The van der Waals surface area contributed by atoms with Crippen LogP contribution < -0.4 is 4.90 Å². The number of anilines is 3. The fourth-order valence-corrected chi connectivity index (χ4v) is 9.65. The number of rotatable bonds is 8. The van der Waals surface area contributed by atoms with Crippen molar-refractivity contribution < 1.29 is 0 Å². The molecule has 0 radical (unpaired) electrons. The molecule has 1 heterocycles. The molecule has 0 N–H and O–H groups in total. The van der Waals surface area contributed by atoms with Crippen LogP contribution in [0.1, 0.15) is 0 Å². The van der Waals surface area contributed by atoms with Gasteiger partial charge in [-0.3, -0.25) is 0 Å². The molecule has 1 aromatic heterocycles. The van der Waals surface area contributed by atoms with Crippen molar-refractivity contribution in [3.05, 3.63) is 255 Å². The van der Waals surface area contributed by atoms with E-state index in [0.717, 1.165) is 22.7 Å². The van der Waals surface area contributed by atoms with Gasteiger partial charge < -0.3 is 9.47 Å². The van der Waals surface area contributed by atoms with Crippen LogP contribution >= 0.6 is 0 Å². The van der Waals surface area contributed by atoms with E-state index in [4.69, 9.17) is 0 Å². The maximum absolute atomic E-state index is 2.39. The van der Waals surface area contributed by atoms with Crippen LogP contribution in [0, 0.1) is 0 Å². The summed E-state index contributed by atoms with van der Waals surface area (Å²) in [5.41, 5.74) is 16.4. The predicted molar refractivity (Wildman–Crippen MR) is 272 cm³/mol. The van der Waals surface area contributed by atoms with Gasteiger partial charge in [-0.05, 0) is 127 Å². The molecule has 300 valence electrons. The molecule has 64 heavy (non-hydrogen) atoms.